The number of fused-ring (bicyclic) bond motifs is 1. The minimum atomic E-state index is -4.27. The molecular formula is C28H27N5O6S. The van der Waals surface area contributed by atoms with Gasteiger partial charge in [-0.3, -0.25) is 9.35 Å². The van der Waals surface area contributed by atoms with Crippen LogP contribution in [0.25, 0.3) is 11.2 Å². The average Bonchev–Trinajstić information content (AvgIpc) is 3.48. The lowest BCUT2D eigenvalue weighted by Gasteiger charge is -2.18. The van der Waals surface area contributed by atoms with Gasteiger partial charge in [-0.05, 0) is 55.5 Å². The Balaban J connectivity index is 1.46. The van der Waals surface area contributed by atoms with Gasteiger partial charge in [-0.1, -0.05) is 36.3 Å². The molecule has 1 unspecified atom stereocenters. The molecule has 40 heavy (non-hydrogen) atoms. The highest BCUT2D eigenvalue weighted by molar-refractivity contribution is 7.85. The molecule has 1 fully saturated rings. The van der Waals surface area contributed by atoms with Gasteiger partial charge >= 0.3 is 0 Å². The van der Waals surface area contributed by atoms with E-state index in [0.717, 1.165) is 11.1 Å². The number of carbonyl (C=O) groups is 1. The first kappa shape index (κ1) is 27.4. The number of hydrogen-bond donors (Lipinski definition) is 4. The van der Waals surface area contributed by atoms with Crippen molar-refractivity contribution in [1.29, 1.82) is 0 Å². The summed E-state index contributed by atoms with van der Waals surface area (Å²) in [4.78, 5) is 25.5. The third-order valence-electron chi connectivity index (χ3n) is 6.97. The van der Waals surface area contributed by atoms with E-state index in [1.165, 1.54) is 25.4 Å². The summed E-state index contributed by atoms with van der Waals surface area (Å²) < 4.78 is 33.4. The van der Waals surface area contributed by atoms with Crippen molar-refractivity contribution in [3.8, 4) is 11.8 Å². The molecular weight excluding hydrogens is 534 g/mol. The van der Waals surface area contributed by atoms with Crippen LogP contribution in [0, 0.1) is 17.8 Å². The van der Waals surface area contributed by atoms with Crippen LogP contribution in [0.2, 0.25) is 0 Å². The van der Waals surface area contributed by atoms with Crippen molar-refractivity contribution in [3.05, 3.63) is 77.9 Å². The Morgan fingerprint density at radius 1 is 1.05 bits per heavy atom. The fourth-order valence-corrected chi connectivity index (χ4v) is 5.31. The molecule has 2 aromatic carbocycles. The first-order chi connectivity index (χ1) is 19.1. The highest BCUT2D eigenvalue weighted by Crippen LogP contribution is 2.37. The predicted molar refractivity (Wildman–Crippen MR) is 146 cm³/mol. The topological polar surface area (TPSA) is 168 Å². The Morgan fingerprint density at radius 3 is 2.42 bits per heavy atom. The molecule has 1 saturated carbocycles. The number of Topliss-reactive ketones (excluding diaryl/α,β-unsaturated/α-hetero) is 1. The van der Waals surface area contributed by atoms with Crippen LogP contribution in [0.15, 0.2) is 65.8 Å². The molecule has 0 saturated heterocycles. The standard InChI is InChI=1S/C28H27N5O6S/c1-17(34)21-15-22(26(36)25(21)35)33-16-30-24-27(29-14-13-19-7-10-20(11-8-19)40(37,38)39)31-23(32-28(24)33)12-9-18-5-3-2-4-6-18/h2-8,10-11,16,21-22,25-26,35-36H,13-15H2,1H3,(H,29,31,32)(H,37,38,39)/t21-,22-,25?,26+/m1/s1. The summed E-state index contributed by atoms with van der Waals surface area (Å²) in [7, 11) is -4.27. The van der Waals surface area contributed by atoms with Crippen molar-refractivity contribution in [2.75, 3.05) is 11.9 Å². The molecule has 4 N–H and O–H groups in total. The number of ketones is 1. The number of hydrogen-bond acceptors (Lipinski definition) is 9. The largest absolute Gasteiger partial charge is 0.390 e. The van der Waals surface area contributed by atoms with Crippen LogP contribution < -0.4 is 5.32 Å². The third-order valence-corrected chi connectivity index (χ3v) is 7.84. The zero-order valence-electron chi connectivity index (χ0n) is 21.5. The first-order valence-electron chi connectivity index (χ1n) is 12.6. The lowest BCUT2D eigenvalue weighted by atomic mass is 10.0. The Labute approximate surface area is 230 Å². The molecule has 5 rings (SSSR count). The van der Waals surface area contributed by atoms with E-state index >= 15 is 0 Å². The molecule has 0 spiro atoms. The van der Waals surface area contributed by atoms with Crippen LogP contribution in [0.4, 0.5) is 5.82 Å². The molecule has 0 aliphatic heterocycles. The number of anilines is 1. The van der Waals surface area contributed by atoms with Gasteiger partial charge in [0.15, 0.2) is 17.0 Å². The lowest BCUT2D eigenvalue weighted by Crippen LogP contribution is -2.31. The number of carbonyl (C=O) groups excluding carboxylic acids is 1. The van der Waals surface area contributed by atoms with Gasteiger partial charge in [-0.15, -0.1) is 0 Å². The number of nitrogens with one attached hydrogen (secondary N) is 1. The van der Waals surface area contributed by atoms with Crippen LogP contribution in [0.3, 0.4) is 0 Å². The van der Waals surface area contributed by atoms with E-state index < -0.39 is 34.3 Å². The van der Waals surface area contributed by atoms with Crippen LogP contribution >= 0.6 is 0 Å². The SMILES string of the molecule is CC(=O)[C@H]1C[C@@H](n2cnc3c(NCCc4ccc(S(=O)(=O)O)cc4)nc(C#Cc4ccccc4)nc32)[C@H](O)C1O. The summed E-state index contributed by atoms with van der Waals surface area (Å²) in [5.74, 6) is 5.75. The zero-order chi connectivity index (χ0) is 28.4. The Morgan fingerprint density at radius 2 is 1.77 bits per heavy atom. The molecule has 1 aliphatic rings. The van der Waals surface area contributed by atoms with Gasteiger partial charge in [-0.25, -0.2) is 15.0 Å². The lowest BCUT2D eigenvalue weighted by molar-refractivity contribution is -0.124. The summed E-state index contributed by atoms with van der Waals surface area (Å²) in [6, 6.07) is 14.6. The van der Waals surface area contributed by atoms with Gasteiger partial charge in [0.1, 0.15) is 11.9 Å². The Bertz CT molecular complexity index is 1710. The van der Waals surface area contributed by atoms with E-state index in [9.17, 15) is 28.0 Å². The molecule has 2 aromatic heterocycles. The van der Waals surface area contributed by atoms with E-state index in [1.807, 2.05) is 30.3 Å². The minimum Gasteiger partial charge on any atom is -0.390 e. The second-order valence-corrected chi connectivity index (χ2v) is 11.1. The maximum atomic E-state index is 12.0. The van der Waals surface area contributed by atoms with Crippen molar-refractivity contribution in [3.63, 3.8) is 0 Å². The monoisotopic (exact) mass is 561 g/mol. The number of aliphatic hydroxyl groups is 2. The highest BCUT2D eigenvalue weighted by atomic mass is 32.2. The van der Waals surface area contributed by atoms with E-state index in [0.29, 0.717) is 29.9 Å². The number of aromatic nitrogens is 4. The smallest absolute Gasteiger partial charge is 0.294 e. The van der Waals surface area contributed by atoms with Crippen molar-refractivity contribution >= 4 is 32.9 Å². The summed E-state index contributed by atoms with van der Waals surface area (Å²) in [6.07, 6.45) is -0.112. The molecule has 0 bridgehead atoms. The summed E-state index contributed by atoms with van der Waals surface area (Å²) in [5, 5.41) is 24.4. The van der Waals surface area contributed by atoms with Crippen LogP contribution in [0.5, 0.6) is 0 Å². The van der Waals surface area contributed by atoms with Gasteiger partial charge < -0.3 is 20.1 Å². The van der Waals surface area contributed by atoms with Gasteiger partial charge in [0.2, 0.25) is 5.82 Å². The molecule has 1 aliphatic carbocycles. The van der Waals surface area contributed by atoms with Gasteiger partial charge in [0, 0.05) is 18.0 Å². The van der Waals surface area contributed by atoms with E-state index in [1.54, 1.807) is 16.7 Å². The second kappa shape index (κ2) is 11.1. The third kappa shape index (κ3) is 5.73. The zero-order valence-corrected chi connectivity index (χ0v) is 22.3. The molecule has 12 heteroatoms. The van der Waals surface area contributed by atoms with Gasteiger partial charge in [-0.2, -0.15) is 8.42 Å². The maximum absolute atomic E-state index is 12.0. The van der Waals surface area contributed by atoms with Crippen LogP contribution in [-0.2, 0) is 21.3 Å². The van der Waals surface area contributed by atoms with Crippen molar-refractivity contribution in [2.45, 2.75) is 42.9 Å². The molecule has 206 valence electrons. The molecule has 0 amide bonds. The van der Waals surface area contributed by atoms with E-state index in [-0.39, 0.29) is 22.9 Å². The number of benzene rings is 2. The molecule has 11 nitrogen and oxygen atoms in total. The predicted octanol–water partition coefficient (Wildman–Crippen LogP) is 2.00. The molecule has 0 radical (unpaired) electrons. The summed E-state index contributed by atoms with van der Waals surface area (Å²) in [6.45, 7) is 1.81. The fourth-order valence-electron chi connectivity index (χ4n) is 4.83. The Kier molecular flexibility index (Phi) is 7.64. The van der Waals surface area contributed by atoms with Crippen molar-refractivity contribution in [2.24, 2.45) is 5.92 Å². The number of imidazole rings is 1. The van der Waals surface area contributed by atoms with Crippen LogP contribution in [-0.4, -0.2) is 67.2 Å². The number of nitrogens with zero attached hydrogens (tertiary/aromatic N) is 4. The molecule has 4 aromatic rings. The molecule has 2 heterocycles. The second-order valence-electron chi connectivity index (χ2n) is 9.63. The first-order valence-corrected chi connectivity index (χ1v) is 14.0. The van der Waals surface area contributed by atoms with Crippen molar-refractivity contribution in [1.82, 2.24) is 19.5 Å². The molecule has 4 atom stereocenters. The quantitative estimate of drug-likeness (QED) is 0.193. The normalized spacial score (nSPS) is 20.7. The Hall–Kier alpha value is -4.15. The fraction of sp³-hybridized carbons (Fsp3) is 0.286. The van der Waals surface area contributed by atoms with E-state index in [4.69, 9.17) is 0 Å². The van der Waals surface area contributed by atoms with Crippen LogP contribution in [0.1, 0.15) is 36.3 Å². The minimum absolute atomic E-state index is 0.180. The van der Waals surface area contributed by atoms with Gasteiger partial charge in [0.05, 0.1) is 23.4 Å². The maximum Gasteiger partial charge on any atom is 0.294 e. The number of aliphatic hydroxyl groups excluding tert-OH is 2. The summed E-state index contributed by atoms with van der Waals surface area (Å²) >= 11 is 0. The van der Waals surface area contributed by atoms with Gasteiger partial charge in [0.25, 0.3) is 10.1 Å². The van der Waals surface area contributed by atoms with Crippen molar-refractivity contribution < 1.29 is 28.0 Å². The summed E-state index contributed by atoms with van der Waals surface area (Å²) in [5.41, 5.74) is 2.44. The average molecular weight is 562 g/mol. The van der Waals surface area contributed by atoms with E-state index in [2.05, 4.69) is 32.1 Å². The number of rotatable bonds is 7. The highest BCUT2D eigenvalue weighted by Gasteiger charge is 2.45.